The third-order valence-electron chi connectivity index (χ3n) is 2.81. The van der Waals surface area contributed by atoms with Crippen molar-refractivity contribution in [2.24, 2.45) is 0 Å². The maximum Gasteiger partial charge on any atom is 0.224 e. The van der Waals surface area contributed by atoms with E-state index in [1.807, 2.05) is 24.2 Å². The molecule has 1 aliphatic heterocycles. The van der Waals surface area contributed by atoms with Gasteiger partial charge in [-0.25, -0.2) is 0 Å². The molecule has 0 spiro atoms. The van der Waals surface area contributed by atoms with E-state index in [0.717, 1.165) is 13.1 Å². The molecular weight excluding hydrogens is 263 g/mol. The number of carbonyl (C=O) groups excluding carboxylic acids is 1. The number of aromatic nitrogens is 2. The molecule has 2 rings (SSSR count). The van der Waals surface area contributed by atoms with Gasteiger partial charge in [0.15, 0.2) is 0 Å². The van der Waals surface area contributed by atoms with Crippen molar-refractivity contribution in [2.75, 3.05) is 20.1 Å². The highest BCUT2D eigenvalue weighted by molar-refractivity contribution is 5.85. The van der Waals surface area contributed by atoms with E-state index in [1.54, 1.807) is 10.9 Å². The van der Waals surface area contributed by atoms with Crippen molar-refractivity contribution in [3.05, 3.63) is 18.5 Å². The zero-order valence-electron chi connectivity index (χ0n) is 9.70. The number of likely N-dealkylation sites (N-methyl/N-ethyl adjacent to an activating group) is 1. The summed E-state index contributed by atoms with van der Waals surface area (Å²) in [5.41, 5.74) is 0. The number of aryl methyl sites for hydroxylation is 1. The van der Waals surface area contributed by atoms with Gasteiger partial charge in [0, 0.05) is 45.5 Å². The maximum atomic E-state index is 11.7. The molecule has 7 heteroatoms. The Labute approximate surface area is 113 Å². The van der Waals surface area contributed by atoms with Crippen LogP contribution in [0.5, 0.6) is 0 Å². The number of amides is 1. The molecule has 1 aromatic heterocycles. The monoisotopic (exact) mass is 280 g/mol. The lowest BCUT2D eigenvalue weighted by Gasteiger charge is -2.35. The second-order valence-electron chi connectivity index (χ2n) is 3.84. The number of carbonyl (C=O) groups is 1. The predicted molar refractivity (Wildman–Crippen MR) is 70.8 cm³/mol. The SMILES string of the molecule is CN(C(=O)CCn1cccn1)C1CNC1.Cl.Cl. The third-order valence-corrected chi connectivity index (χ3v) is 2.81. The van der Waals surface area contributed by atoms with Gasteiger partial charge in [-0.3, -0.25) is 9.48 Å². The lowest BCUT2D eigenvalue weighted by atomic mass is 10.1. The van der Waals surface area contributed by atoms with Crippen molar-refractivity contribution in [3.8, 4) is 0 Å². The molecule has 1 N–H and O–H groups in total. The number of nitrogens with one attached hydrogen (secondary N) is 1. The topological polar surface area (TPSA) is 50.2 Å². The molecule has 1 saturated heterocycles. The normalized spacial score (nSPS) is 14.2. The van der Waals surface area contributed by atoms with Crippen LogP contribution < -0.4 is 5.32 Å². The Morgan fingerprint density at radius 3 is 2.71 bits per heavy atom. The standard InChI is InChI=1S/C10H16N4O.2ClH/c1-13(9-7-11-8-9)10(15)3-6-14-5-2-4-12-14;;/h2,4-5,9,11H,3,6-8H2,1H3;2*1H. The Morgan fingerprint density at radius 1 is 1.53 bits per heavy atom. The van der Waals surface area contributed by atoms with Crippen molar-refractivity contribution in [1.29, 1.82) is 0 Å². The van der Waals surface area contributed by atoms with Crippen LogP contribution >= 0.6 is 24.8 Å². The minimum Gasteiger partial charge on any atom is -0.340 e. The summed E-state index contributed by atoms with van der Waals surface area (Å²) in [7, 11) is 1.87. The van der Waals surface area contributed by atoms with Crippen LogP contribution in [0.1, 0.15) is 6.42 Å². The highest BCUT2D eigenvalue weighted by Crippen LogP contribution is 2.04. The molecule has 5 nitrogen and oxygen atoms in total. The van der Waals surface area contributed by atoms with Gasteiger partial charge in [-0.2, -0.15) is 5.10 Å². The molecule has 0 bridgehead atoms. The van der Waals surface area contributed by atoms with Crippen LogP contribution in [0, 0.1) is 0 Å². The van der Waals surface area contributed by atoms with E-state index in [4.69, 9.17) is 0 Å². The molecule has 1 fully saturated rings. The summed E-state index contributed by atoms with van der Waals surface area (Å²) < 4.78 is 1.78. The van der Waals surface area contributed by atoms with Crippen molar-refractivity contribution in [2.45, 2.75) is 19.0 Å². The number of nitrogens with zero attached hydrogens (tertiary/aromatic N) is 3. The minimum absolute atomic E-state index is 0. The Morgan fingerprint density at radius 2 is 2.24 bits per heavy atom. The van der Waals surface area contributed by atoms with Crippen LogP contribution in [0.2, 0.25) is 0 Å². The molecule has 0 saturated carbocycles. The first kappa shape index (κ1) is 16.2. The Hall–Kier alpha value is -0.780. The smallest absolute Gasteiger partial charge is 0.224 e. The minimum atomic E-state index is 0. The summed E-state index contributed by atoms with van der Waals surface area (Å²) in [6.45, 7) is 2.50. The van der Waals surface area contributed by atoms with E-state index in [9.17, 15) is 4.79 Å². The number of hydrogen-bond acceptors (Lipinski definition) is 3. The van der Waals surface area contributed by atoms with Gasteiger partial charge in [-0.05, 0) is 6.07 Å². The van der Waals surface area contributed by atoms with Gasteiger partial charge in [-0.1, -0.05) is 0 Å². The summed E-state index contributed by atoms with van der Waals surface area (Å²) in [5.74, 6) is 0.192. The highest BCUT2D eigenvalue weighted by atomic mass is 35.5. The second-order valence-corrected chi connectivity index (χ2v) is 3.84. The summed E-state index contributed by atoms with van der Waals surface area (Å²) >= 11 is 0. The highest BCUT2D eigenvalue weighted by Gasteiger charge is 2.24. The fourth-order valence-corrected chi connectivity index (χ4v) is 1.57. The van der Waals surface area contributed by atoms with E-state index >= 15 is 0 Å². The van der Waals surface area contributed by atoms with Crippen LogP contribution in [0.4, 0.5) is 0 Å². The largest absolute Gasteiger partial charge is 0.340 e. The molecule has 0 unspecified atom stereocenters. The number of rotatable bonds is 4. The first-order chi connectivity index (χ1) is 7.27. The van der Waals surface area contributed by atoms with Gasteiger partial charge in [0.25, 0.3) is 0 Å². The third kappa shape index (κ3) is 4.18. The Bertz CT molecular complexity index is 327. The first-order valence-corrected chi connectivity index (χ1v) is 5.21. The summed E-state index contributed by atoms with van der Waals surface area (Å²) in [5, 5.41) is 7.22. The van der Waals surface area contributed by atoms with Crippen LogP contribution in [0.15, 0.2) is 18.5 Å². The molecule has 0 aliphatic carbocycles. The van der Waals surface area contributed by atoms with E-state index in [2.05, 4.69) is 10.4 Å². The average Bonchev–Trinajstić information content (AvgIpc) is 2.63. The molecular formula is C10H18Cl2N4O. The van der Waals surface area contributed by atoms with Crippen LogP contribution in [-0.4, -0.2) is 46.8 Å². The molecule has 1 aliphatic rings. The quantitative estimate of drug-likeness (QED) is 0.876. The zero-order chi connectivity index (χ0) is 10.7. The zero-order valence-corrected chi connectivity index (χ0v) is 11.3. The molecule has 1 amide bonds. The van der Waals surface area contributed by atoms with Crippen LogP contribution in [0.25, 0.3) is 0 Å². The van der Waals surface area contributed by atoms with Crippen LogP contribution in [-0.2, 0) is 11.3 Å². The van der Waals surface area contributed by atoms with E-state index in [-0.39, 0.29) is 30.7 Å². The van der Waals surface area contributed by atoms with Gasteiger partial charge in [0.05, 0.1) is 6.04 Å². The Kier molecular flexibility index (Phi) is 7.18. The van der Waals surface area contributed by atoms with E-state index < -0.39 is 0 Å². The van der Waals surface area contributed by atoms with E-state index in [1.165, 1.54) is 0 Å². The average molecular weight is 281 g/mol. The van der Waals surface area contributed by atoms with Gasteiger partial charge < -0.3 is 10.2 Å². The molecule has 0 radical (unpaired) electrons. The van der Waals surface area contributed by atoms with Gasteiger partial charge in [0.1, 0.15) is 0 Å². The predicted octanol–water partition coefficient (Wildman–Crippen LogP) is 0.547. The molecule has 0 atom stereocenters. The number of halogens is 2. The Balaban J connectivity index is 0.00000128. The maximum absolute atomic E-state index is 11.7. The van der Waals surface area contributed by atoms with Gasteiger partial charge in [-0.15, -0.1) is 24.8 Å². The summed E-state index contributed by atoms with van der Waals surface area (Å²) in [4.78, 5) is 13.6. The van der Waals surface area contributed by atoms with Crippen molar-refractivity contribution in [3.63, 3.8) is 0 Å². The summed E-state index contributed by atoms with van der Waals surface area (Å²) in [6.07, 6.45) is 4.12. The first-order valence-electron chi connectivity index (χ1n) is 5.21. The molecule has 1 aromatic rings. The number of hydrogen-bond donors (Lipinski definition) is 1. The summed E-state index contributed by atoms with van der Waals surface area (Å²) in [6, 6.07) is 2.25. The lowest BCUT2D eigenvalue weighted by molar-refractivity contribution is -0.133. The molecule has 2 heterocycles. The molecule has 0 aromatic carbocycles. The molecule has 98 valence electrons. The fourth-order valence-electron chi connectivity index (χ4n) is 1.57. The van der Waals surface area contributed by atoms with E-state index in [0.29, 0.717) is 19.0 Å². The van der Waals surface area contributed by atoms with Crippen molar-refractivity contribution in [1.82, 2.24) is 20.0 Å². The fraction of sp³-hybridized carbons (Fsp3) is 0.600. The van der Waals surface area contributed by atoms with Gasteiger partial charge >= 0.3 is 0 Å². The van der Waals surface area contributed by atoms with Crippen molar-refractivity contribution < 1.29 is 4.79 Å². The molecule has 17 heavy (non-hydrogen) atoms. The second kappa shape index (κ2) is 7.53. The van der Waals surface area contributed by atoms with Gasteiger partial charge in [0.2, 0.25) is 5.91 Å². The van der Waals surface area contributed by atoms with Crippen LogP contribution in [0.3, 0.4) is 0 Å². The van der Waals surface area contributed by atoms with Crippen molar-refractivity contribution >= 4 is 30.7 Å². The lowest BCUT2D eigenvalue weighted by Crippen LogP contribution is -2.57.